The number of nitro groups is 1. The Morgan fingerprint density at radius 2 is 1.79 bits per heavy atom. The van der Waals surface area contributed by atoms with Crippen molar-refractivity contribution in [1.82, 2.24) is 10.2 Å². The third-order valence-electron chi connectivity index (χ3n) is 6.93. The molecule has 0 unspecified atom stereocenters. The quantitative estimate of drug-likeness (QED) is 0.252. The minimum atomic E-state index is -0.488. The fourth-order valence-corrected chi connectivity index (χ4v) is 4.86. The highest BCUT2D eigenvalue weighted by molar-refractivity contribution is 6.37. The van der Waals surface area contributed by atoms with Crippen molar-refractivity contribution in [3.05, 3.63) is 98.6 Å². The lowest BCUT2D eigenvalue weighted by Gasteiger charge is -2.28. The average Bonchev–Trinajstić information content (AvgIpc) is 3.25. The van der Waals surface area contributed by atoms with Crippen molar-refractivity contribution in [2.75, 3.05) is 17.2 Å². The smallest absolute Gasteiger partial charge is 0.270 e. The summed E-state index contributed by atoms with van der Waals surface area (Å²) in [6.45, 7) is 4.57. The molecule has 0 bridgehead atoms. The number of amides is 3. The van der Waals surface area contributed by atoms with E-state index in [1.54, 1.807) is 11.8 Å². The first-order valence-corrected chi connectivity index (χ1v) is 12.5. The van der Waals surface area contributed by atoms with Crippen LogP contribution in [0.25, 0.3) is 11.3 Å². The highest BCUT2D eigenvalue weighted by atomic mass is 16.6. The van der Waals surface area contributed by atoms with Crippen molar-refractivity contribution >= 4 is 46.1 Å². The molecule has 0 fully saturated rings. The Kier molecular flexibility index (Phi) is 6.84. The fraction of sp³-hybridized carbons (Fsp3) is 0.207. The molecule has 3 aromatic carbocycles. The molecule has 3 N–H and O–H groups in total. The monoisotopic (exact) mass is 525 g/mol. The van der Waals surface area contributed by atoms with Crippen LogP contribution in [0.3, 0.4) is 0 Å². The molecule has 0 saturated heterocycles. The molecule has 0 saturated carbocycles. The van der Waals surface area contributed by atoms with Crippen molar-refractivity contribution in [2.45, 2.75) is 33.4 Å². The van der Waals surface area contributed by atoms with E-state index in [0.29, 0.717) is 54.1 Å². The highest BCUT2D eigenvalue weighted by Gasteiger charge is 2.30. The summed E-state index contributed by atoms with van der Waals surface area (Å²) in [7, 11) is 0. The summed E-state index contributed by atoms with van der Waals surface area (Å²) < 4.78 is 0. The predicted octanol–water partition coefficient (Wildman–Crippen LogP) is 4.07. The number of carbonyl (C=O) groups excluding carboxylic acids is 3. The standard InChI is InChI=1S/C29H27N5O5/c1-17(35)30-15-19-3-5-20(6-4-19)28(27-25-14-24(34(38)39)9-10-26(25)32-29(27)37)31-23-8-7-22-16-33(18(2)36)12-11-21(22)13-23/h3-10,13-14,31H,11-12,15-16H2,1-2H3,(H,30,35)(H,32,37). The summed E-state index contributed by atoms with van der Waals surface area (Å²) in [4.78, 5) is 49.2. The third-order valence-corrected chi connectivity index (χ3v) is 6.93. The van der Waals surface area contributed by atoms with Gasteiger partial charge in [-0.05, 0) is 46.9 Å². The van der Waals surface area contributed by atoms with Crippen LogP contribution in [-0.4, -0.2) is 34.1 Å². The number of hydrogen-bond donors (Lipinski definition) is 3. The van der Waals surface area contributed by atoms with Crippen molar-refractivity contribution in [3.63, 3.8) is 0 Å². The van der Waals surface area contributed by atoms with Gasteiger partial charge in [0.05, 0.1) is 16.2 Å². The van der Waals surface area contributed by atoms with Gasteiger partial charge in [0.1, 0.15) is 0 Å². The number of hydrogen-bond acceptors (Lipinski definition) is 6. The van der Waals surface area contributed by atoms with Crippen LogP contribution >= 0.6 is 0 Å². The van der Waals surface area contributed by atoms with Crippen molar-refractivity contribution in [1.29, 1.82) is 0 Å². The number of nitro benzene ring substituents is 1. The normalized spacial score (nSPS) is 15.1. The predicted molar refractivity (Wildman–Crippen MR) is 147 cm³/mol. The Morgan fingerprint density at radius 1 is 1.03 bits per heavy atom. The van der Waals surface area contributed by atoms with E-state index in [4.69, 9.17) is 0 Å². The van der Waals surface area contributed by atoms with Gasteiger partial charge in [0.25, 0.3) is 11.6 Å². The molecule has 0 aromatic heterocycles. The van der Waals surface area contributed by atoms with Crippen molar-refractivity contribution < 1.29 is 19.3 Å². The number of nitrogens with one attached hydrogen (secondary N) is 3. The summed E-state index contributed by atoms with van der Waals surface area (Å²) in [5.41, 5.74) is 6.13. The number of non-ortho nitro benzene ring substituents is 1. The van der Waals surface area contributed by atoms with Crippen LogP contribution in [0.4, 0.5) is 17.1 Å². The molecule has 0 spiro atoms. The largest absolute Gasteiger partial charge is 0.354 e. The second-order valence-corrected chi connectivity index (χ2v) is 9.60. The first kappa shape index (κ1) is 25.7. The Bertz CT molecular complexity index is 1540. The van der Waals surface area contributed by atoms with E-state index in [1.165, 1.54) is 25.1 Å². The molecule has 2 aliphatic rings. The minimum absolute atomic E-state index is 0.0387. The summed E-state index contributed by atoms with van der Waals surface area (Å²) >= 11 is 0. The van der Waals surface area contributed by atoms with E-state index in [2.05, 4.69) is 16.0 Å². The van der Waals surface area contributed by atoms with E-state index in [1.807, 2.05) is 42.5 Å². The number of nitrogens with zero attached hydrogens (tertiary/aromatic N) is 2. The topological polar surface area (TPSA) is 134 Å². The van der Waals surface area contributed by atoms with Crippen LogP contribution in [0.2, 0.25) is 0 Å². The van der Waals surface area contributed by atoms with E-state index in [-0.39, 0.29) is 23.4 Å². The van der Waals surface area contributed by atoms with Gasteiger partial charge in [-0.3, -0.25) is 24.5 Å². The van der Waals surface area contributed by atoms with E-state index in [0.717, 1.165) is 22.4 Å². The van der Waals surface area contributed by atoms with E-state index >= 15 is 0 Å². The van der Waals surface area contributed by atoms with Crippen molar-refractivity contribution in [3.8, 4) is 0 Å². The number of anilines is 2. The number of fused-ring (bicyclic) bond motifs is 2. The van der Waals surface area contributed by atoms with Gasteiger partial charge in [0, 0.05) is 62.6 Å². The summed E-state index contributed by atoms with van der Waals surface area (Å²) in [6.07, 6.45) is 0.712. The molecule has 2 aliphatic heterocycles. The van der Waals surface area contributed by atoms with E-state index in [9.17, 15) is 24.5 Å². The molecule has 198 valence electrons. The third kappa shape index (κ3) is 5.35. The lowest BCUT2D eigenvalue weighted by Crippen LogP contribution is -2.34. The highest BCUT2D eigenvalue weighted by Crippen LogP contribution is 2.39. The zero-order valence-corrected chi connectivity index (χ0v) is 21.5. The number of carbonyl (C=O) groups is 3. The molecule has 0 aliphatic carbocycles. The van der Waals surface area contributed by atoms with Gasteiger partial charge in [-0.25, -0.2) is 0 Å². The van der Waals surface area contributed by atoms with Gasteiger partial charge < -0.3 is 20.9 Å². The van der Waals surface area contributed by atoms with Crippen LogP contribution in [0, 0.1) is 10.1 Å². The Labute approximate surface area is 224 Å². The SMILES string of the molecule is CC(=O)NCc1ccc(C(Nc2ccc3c(c2)CCN(C(C)=O)C3)=C2C(=O)Nc3ccc([N+](=O)[O-])cc32)cc1. The molecular formula is C29H27N5O5. The summed E-state index contributed by atoms with van der Waals surface area (Å²) in [6, 6.07) is 17.6. The molecule has 3 amide bonds. The van der Waals surface area contributed by atoms with Crippen LogP contribution in [0.5, 0.6) is 0 Å². The van der Waals surface area contributed by atoms with Gasteiger partial charge in [-0.1, -0.05) is 30.3 Å². The van der Waals surface area contributed by atoms with Gasteiger partial charge in [-0.15, -0.1) is 0 Å². The zero-order valence-electron chi connectivity index (χ0n) is 21.5. The molecular weight excluding hydrogens is 498 g/mol. The Morgan fingerprint density at radius 3 is 2.49 bits per heavy atom. The van der Waals surface area contributed by atoms with Crippen LogP contribution in [0.15, 0.2) is 60.7 Å². The van der Waals surface area contributed by atoms with Crippen LogP contribution in [-0.2, 0) is 33.9 Å². The first-order valence-electron chi connectivity index (χ1n) is 12.5. The van der Waals surface area contributed by atoms with Gasteiger partial charge in [0.2, 0.25) is 11.8 Å². The number of rotatable bonds is 6. The maximum atomic E-state index is 13.2. The molecule has 5 rings (SSSR count). The molecule has 0 radical (unpaired) electrons. The Balaban J connectivity index is 1.57. The van der Waals surface area contributed by atoms with Crippen LogP contribution < -0.4 is 16.0 Å². The summed E-state index contributed by atoms with van der Waals surface area (Å²) in [5.74, 6) is -0.467. The lowest BCUT2D eigenvalue weighted by molar-refractivity contribution is -0.384. The molecule has 3 aromatic rings. The lowest BCUT2D eigenvalue weighted by atomic mass is 9.97. The first-order chi connectivity index (χ1) is 18.7. The zero-order chi connectivity index (χ0) is 27.7. The Hall–Kier alpha value is -4.99. The minimum Gasteiger partial charge on any atom is -0.354 e. The maximum Gasteiger partial charge on any atom is 0.270 e. The van der Waals surface area contributed by atoms with Gasteiger partial charge in [-0.2, -0.15) is 0 Å². The van der Waals surface area contributed by atoms with E-state index < -0.39 is 4.92 Å². The molecule has 2 heterocycles. The summed E-state index contributed by atoms with van der Waals surface area (Å²) in [5, 5.41) is 20.5. The molecule has 10 nitrogen and oxygen atoms in total. The maximum absolute atomic E-state index is 13.2. The molecule has 0 atom stereocenters. The van der Waals surface area contributed by atoms with Crippen molar-refractivity contribution in [2.24, 2.45) is 0 Å². The number of benzene rings is 3. The second-order valence-electron chi connectivity index (χ2n) is 9.60. The fourth-order valence-electron chi connectivity index (χ4n) is 4.86. The van der Waals surface area contributed by atoms with Gasteiger partial charge in [0.15, 0.2) is 0 Å². The molecule has 10 heteroatoms. The van der Waals surface area contributed by atoms with Crippen LogP contribution in [0.1, 0.15) is 41.7 Å². The molecule has 39 heavy (non-hydrogen) atoms. The second kappa shape index (κ2) is 10.4. The van der Waals surface area contributed by atoms with Gasteiger partial charge >= 0.3 is 0 Å². The average molecular weight is 526 g/mol.